The Labute approximate surface area is 47.0 Å². The van der Waals surface area contributed by atoms with Crippen LogP contribution in [0.25, 0.3) is 0 Å². The van der Waals surface area contributed by atoms with Gasteiger partial charge in [0, 0.05) is 6.42 Å². The van der Waals surface area contributed by atoms with Gasteiger partial charge in [0.2, 0.25) is 0 Å². The molecule has 0 aliphatic heterocycles. The Kier molecular flexibility index (Phi) is 4.01. The summed E-state index contributed by atoms with van der Waals surface area (Å²) in [5.74, 6) is 4.83. The monoisotopic (exact) mass is 116 g/mol. The summed E-state index contributed by atoms with van der Waals surface area (Å²) < 4.78 is 0. The molecule has 0 heterocycles. The number of hydrazine groups is 1. The van der Waals surface area contributed by atoms with Crippen LogP contribution < -0.4 is 11.3 Å². The maximum absolute atomic E-state index is 9.82. The van der Waals surface area contributed by atoms with Gasteiger partial charge in [-0.1, -0.05) is 0 Å². The molecule has 0 amide bonds. The summed E-state index contributed by atoms with van der Waals surface area (Å²) in [4.78, 5) is 19.5. The van der Waals surface area contributed by atoms with Crippen molar-refractivity contribution >= 4 is 12.6 Å². The van der Waals surface area contributed by atoms with Gasteiger partial charge in [-0.3, -0.25) is 5.84 Å². The predicted octanol–water partition coefficient (Wildman–Crippen LogP) is -1.39. The molecule has 0 fully saturated rings. The molecule has 1 atom stereocenters. The van der Waals surface area contributed by atoms with Gasteiger partial charge in [0.25, 0.3) is 0 Å². The highest BCUT2D eigenvalue weighted by Crippen LogP contribution is 1.77. The fourth-order valence-corrected chi connectivity index (χ4v) is 0.267. The summed E-state index contributed by atoms with van der Waals surface area (Å²) in [6.07, 6.45) is 1.37. The molecular weight excluding hydrogens is 108 g/mol. The highest BCUT2D eigenvalue weighted by molar-refractivity contribution is 5.64. The van der Waals surface area contributed by atoms with Gasteiger partial charge in [-0.25, -0.2) is 5.43 Å². The third-order valence-corrected chi connectivity index (χ3v) is 0.729. The number of rotatable bonds is 4. The molecule has 0 radical (unpaired) electrons. The van der Waals surface area contributed by atoms with Crippen LogP contribution in [0.2, 0.25) is 0 Å². The molecule has 0 saturated heterocycles. The SMILES string of the molecule is NNC(C=O)CC=O. The van der Waals surface area contributed by atoms with Crippen molar-refractivity contribution in [3.8, 4) is 0 Å². The summed E-state index contributed by atoms with van der Waals surface area (Å²) in [5.41, 5.74) is 2.15. The highest BCUT2D eigenvalue weighted by Gasteiger charge is 1.99. The minimum Gasteiger partial charge on any atom is -0.303 e. The lowest BCUT2D eigenvalue weighted by Gasteiger charge is -2.00. The third-order valence-electron chi connectivity index (χ3n) is 0.729. The van der Waals surface area contributed by atoms with Crippen molar-refractivity contribution in [2.45, 2.75) is 12.5 Å². The molecule has 1 unspecified atom stereocenters. The van der Waals surface area contributed by atoms with Crippen LogP contribution in [0, 0.1) is 0 Å². The number of nitrogens with two attached hydrogens (primary N) is 1. The van der Waals surface area contributed by atoms with E-state index in [4.69, 9.17) is 5.84 Å². The zero-order chi connectivity index (χ0) is 6.41. The maximum Gasteiger partial charge on any atom is 0.138 e. The Morgan fingerprint density at radius 3 is 2.38 bits per heavy atom. The van der Waals surface area contributed by atoms with Crippen LogP contribution in [0.3, 0.4) is 0 Å². The molecule has 0 aromatic heterocycles. The van der Waals surface area contributed by atoms with Crippen molar-refractivity contribution in [2.75, 3.05) is 0 Å². The van der Waals surface area contributed by atoms with Crippen LogP contribution >= 0.6 is 0 Å². The number of hydrogen-bond acceptors (Lipinski definition) is 4. The average Bonchev–Trinajstić information content (AvgIpc) is 1.83. The van der Waals surface area contributed by atoms with Crippen LogP contribution in [-0.2, 0) is 9.59 Å². The molecule has 0 bridgehead atoms. The lowest BCUT2D eigenvalue weighted by Crippen LogP contribution is -2.36. The minimum absolute atomic E-state index is 0.139. The van der Waals surface area contributed by atoms with Gasteiger partial charge < -0.3 is 9.59 Å². The van der Waals surface area contributed by atoms with Gasteiger partial charge in [-0.2, -0.15) is 0 Å². The number of nitrogens with one attached hydrogen (secondary N) is 1. The van der Waals surface area contributed by atoms with E-state index in [1.54, 1.807) is 0 Å². The Morgan fingerprint density at radius 1 is 1.62 bits per heavy atom. The zero-order valence-electron chi connectivity index (χ0n) is 4.33. The van der Waals surface area contributed by atoms with Crippen molar-refractivity contribution in [2.24, 2.45) is 5.84 Å². The summed E-state index contributed by atoms with van der Waals surface area (Å²) in [6, 6.07) is -0.521. The predicted molar refractivity (Wildman–Crippen MR) is 27.9 cm³/mol. The maximum atomic E-state index is 9.82. The fourth-order valence-electron chi connectivity index (χ4n) is 0.267. The molecule has 0 spiro atoms. The van der Waals surface area contributed by atoms with Gasteiger partial charge in [0.1, 0.15) is 12.6 Å². The number of hydrogen-bond donors (Lipinski definition) is 2. The zero-order valence-corrected chi connectivity index (χ0v) is 4.33. The van der Waals surface area contributed by atoms with Crippen molar-refractivity contribution < 1.29 is 9.59 Å². The Bertz CT molecular complexity index is 84.1. The first kappa shape index (κ1) is 7.26. The van der Waals surface area contributed by atoms with Crippen LogP contribution in [0.1, 0.15) is 6.42 Å². The van der Waals surface area contributed by atoms with E-state index in [0.29, 0.717) is 12.6 Å². The van der Waals surface area contributed by atoms with Gasteiger partial charge in [-0.05, 0) is 0 Å². The molecule has 0 rings (SSSR count). The van der Waals surface area contributed by atoms with Gasteiger partial charge in [0.05, 0.1) is 6.04 Å². The summed E-state index contributed by atoms with van der Waals surface area (Å²) in [6.45, 7) is 0. The van der Waals surface area contributed by atoms with Gasteiger partial charge >= 0.3 is 0 Å². The van der Waals surface area contributed by atoms with E-state index in [9.17, 15) is 9.59 Å². The normalized spacial score (nSPS) is 12.6. The fraction of sp³-hybridized carbons (Fsp3) is 0.500. The summed E-state index contributed by atoms with van der Waals surface area (Å²) in [5, 5.41) is 0. The standard InChI is InChI=1S/C4H8N2O2/c5-6-4(3-8)1-2-7/h2-4,6H,1,5H2. The Hall–Kier alpha value is -0.740. The molecule has 0 aromatic rings. The Balaban J connectivity index is 3.35. The highest BCUT2D eigenvalue weighted by atomic mass is 16.1. The van der Waals surface area contributed by atoms with Crippen LogP contribution in [-0.4, -0.2) is 18.6 Å². The second-order valence-electron chi connectivity index (χ2n) is 1.31. The topological polar surface area (TPSA) is 72.2 Å². The first-order valence-electron chi connectivity index (χ1n) is 2.20. The molecule has 4 heteroatoms. The van der Waals surface area contributed by atoms with E-state index in [2.05, 4.69) is 5.43 Å². The first-order valence-corrected chi connectivity index (χ1v) is 2.20. The largest absolute Gasteiger partial charge is 0.303 e. The van der Waals surface area contributed by atoms with Crippen LogP contribution in [0.5, 0.6) is 0 Å². The van der Waals surface area contributed by atoms with E-state index in [1.165, 1.54) is 0 Å². The summed E-state index contributed by atoms with van der Waals surface area (Å²) >= 11 is 0. The van der Waals surface area contributed by atoms with Gasteiger partial charge in [-0.15, -0.1) is 0 Å². The molecule has 8 heavy (non-hydrogen) atoms. The van der Waals surface area contributed by atoms with E-state index in [0.717, 1.165) is 0 Å². The number of aldehydes is 2. The number of carbonyl (C=O) groups is 2. The molecular formula is C4H8N2O2. The molecule has 3 N–H and O–H groups in total. The minimum atomic E-state index is -0.521. The molecule has 0 aliphatic rings. The van der Waals surface area contributed by atoms with Crippen molar-refractivity contribution in [3.63, 3.8) is 0 Å². The molecule has 0 aliphatic carbocycles. The van der Waals surface area contributed by atoms with Gasteiger partial charge in [0.15, 0.2) is 0 Å². The van der Waals surface area contributed by atoms with E-state index in [-0.39, 0.29) is 6.42 Å². The van der Waals surface area contributed by atoms with Crippen LogP contribution in [0.15, 0.2) is 0 Å². The van der Waals surface area contributed by atoms with Crippen LogP contribution in [0.4, 0.5) is 0 Å². The molecule has 46 valence electrons. The van der Waals surface area contributed by atoms with Crippen molar-refractivity contribution in [1.29, 1.82) is 0 Å². The van der Waals surface area contributed by atoms with E-state index < -0.39 is 6.04 Å². The van der Waals surface area contributed by atoms with Crippen molar-refractivity contribution in [1.82, 2.24) is 5.43 Å². The molecule has 0 saturated carbocycles. The van der Waals surface area contributed by atoms with E-state index >= 15 is 0 Å². The smallest absolute Gasteiger partial charge is 0.138 e. The summed E-state index contributed by atoms with van der Waals surface area (Å²) in [7, 11) is 0. The lowest BCUT2D eigenvalue weighted by molar-refractivity contribution is -0.113. The second kappa shape index (κ2) is 4.42. The average molecular weight is 116 g/mol. The lowest BCUT2D eigenvalue weighted by atomic mass is 10.3. The van der Waals surface area contributed by atoms with E-state index in [1.807, 2.05) is 0 Å². The third kappa shape index (κ3) is 2.44. The molecule has 4 nitrogen and oxygen atoms in total. The Morgan fingerprint density at radius 2 is 2.25 bits per heavy atom. The molecule has 0 aromatic carbocycles. The first-order chi connectivity index (χ1) is 3.85. The quantitative estimate of drug-likeness (QED) is 0.269. The number of carbonyl (C=O) groups excluding carboxylic acids is 2. The second-order valence-corrected chi connectivity index (χ2v) is 1.31. The van der Waals surface area contributed by atoms with Crippen molar-refractivity contribution in [3.05, 3.63) is 0 Å².